The van der Waals surface area contributed by atoms with E-state index in [9.17, 15) is 9.59 Å². The second-order valence-corrected chi connectivity index (χ2v) is 7.92. The number of nitrogens with one attached hydrogen (secondary N) is 1. The van der Waals surface area contributed by atoms with Gasteiger partial charge in [-0.2, -0.15) is 0 Å². The minimum absolute atomic E-state index is 0.0544. The fourth-order valence-electron chi connectivity index (χ4n) is 3.63. The van der Waals surface area contributed by atoms with E-state index in [1.165, 1.54) is 5.56 Å². The summed E-state index contributed by atoms with van der Waals surface area (Å²) in [6.07, 6.45) is 0. The molecule has 2 aromatic rings. The molecule has 1 heterocycles. The monoisotopic (exact) mass is 424 g/mol. The zero-order valence-electron chi connectivity index (χ0n) is 18.6. The molecule has 0 aromatic heterocycles. The zero-order valence-corrected chi connectivity index (χ0v) is 18.6. The number of anilines is 1. The molecular formula is C24H32N4O3. The van der Waals surface area contributed by atoms with E-state index in [0.29, 0.717) is 24.5 Å². The molecule has 0 unspecified atom stereocenters. The number of para-hydroxylation sites is 2. The lowest BCUT2D eigenvalue weighted by Crippen LogP contribution is -2.52. The van der Waals surface area contributed by atoms with Crippen molar-refractivity contribution in [3.8, 4) is 5.75 Å². The fourth-order valence-corrected chi connectivity index (χ4v) is 3.63. The van der Waals surface area contributed by atoms with Crippen LogP contribution in [0, 0.1) is 0 Å². The second-order valence-electron chi connectivity index (χ2n) is 7.92. The van der Waals surface area contributed by atoms with Crippen molar-refractivity contribution in [1.82, 2.24) is 14.7 Å². The van der Waals surface area contributed by atoms with Crippen LogP contribution in [0.3, 0.4) is 0 Å². The summed E-state index contributed by atoms with van der Waals surface area (Å²) in [5, 5.41) is 2.89. The molecule has 1 aliphatic rings. The SMILES string of the molecule is COc1ccccc1NC(=O)[C@@H](C)N(C)CC(=O)N1CCN(Cc2ccccc2)CC1. The number of hydrogen-bond donors (Lipinski definition) is 1. The molecular weight excluding hydrogens is 392 g/mol. The molecule has 0 bridgehead atoms. The van der Waals surface area contributed by atoms with Gasteiger partial charge in [0.1, 0.15) is 5.75 Å². The molecule has 2 aromatic carbocycles. The Morgan fingerprint density at radius 3 is 2.35 bits per heavy atom. The van der Waals surface area contributed by atoms with Gasteiger partial charge in [-0.1, -0.05) is 42.5 Å². The van der Waals surface area contributed by atoms with Crippen LogP contribution in [0.25, 0.3) is 0 Å². The van der Waals surface area contributed by atoms with E-state index in [0.717, 1.165) is 19.6 Å². The van der Waals surface area contributed by atoms with Gasteiger partial charge >= 0.3 is 0 Å². The average Bonchev–Trinajstić information content (AvgIpc) is 2.80. The number of nitrogens with zero attached hydrogens (tertiary/aromatic N) is 3. The number of carbonyl (C=O) groups is 2. The molecule has 1 saturated heterocycles. The highest BCUT2D eigenvalue weighted by Gasteiger charge is 2.25. The van der Waals surface area contributed by atoms with Gasteiger partial charge in [-0.3, -0.25) is 19.4 Å². The topological polar surface area (TPSA) is 65.1 Å². The van der Waals surface area contributed by atoms with Gasteiger partial charge in [0.25, 0.3) is 0 Å². The molecule has 1 N–H and O–H groups in total. The van der Waals surface area contributed by atoms with Gasteiger partial charge in [0.2, 0.25) is 11.8 Å². The van der Waals surface area contributed by atoms with E-state index in [2.05, 4.69) is 34.5 Å². The smallest absolute Gasteiger partial charge is 0.241 e. The summed E-state index contributed by atoms with van der Waals surface area (Å²) in [6.45, 7) is 6.04. The predicted molar refractivity (Wildman–Crippen MR) is 122 cm³/mol. The Bertz CT molecular complexity index is 866. The highest BCUT2D eigenvalue weighted by molar-refractivity contribution is 5.96. The molecule has 0 aliphatic carbocycles. The van der Waals surface area contributed by atoms with Gasteiger partial charge in [-0.05, 0) is 31.7 Å². The van der Waals surface area contributed by atoms with Crippen LogP contribution in [0.1, 0.15) is 12.5 Å². The molecule has 1 atom stereocenters. The molecule has 1 fully saturated rings. The van der Waals surface area contributed by atoms with Crippen molar-refractivity contribution >= 4 is 17.5 Å². The highest BCUT2D eigenvalue weighted by atomic mass is 16.5. The first-order valence-corrected chi connectivity index (χ1v) is 10.7. The van der Waals surface area contributed by atoms with Gasteiger partial charge in [-0.25, -0.2) is 0 Å². The Labute approximate surface area is 184 Å². The van der Waals surface area contributed by atoms with Crippen molar-refractivity contribution in [1.29, 1.82) is 0 Å². The number of hydrogen-bond acceptors (Lipinski definition) is 5. The third-order valence-electron chi connectivity index (χ3n) is 5.76. The van der Waals surface area contributed by atoms with Gasteiger partial charge in [0.05, 0.1) is 25.4 Å². The lowest BCUT2D eigenvalue weighted by molar-refractivity contribution is -0.135. The highest BCUT2D eigenvalue weighted by Crippen LogP contribution is 2.23. The van der Waals surface area contributed by atoms with Gasteiger partial charge < -0.3 is 15.0 Å². The summed E-state index contributed by atoms with van der Waals surface area (Å²) in [6, 6.07) is 17.2. The maximum Gasteiger partial charge on any atom is 0.241 e. The lowest BCUT2D eigenvalue weighted by Gasteiger charge is -2.36. The van der Waals surface area contributed by atoms with Gasteiger partial charge in [0.15, 0.2) is 0 Å². The maximum absolute atomic E-state index is 12.8. The Morgan fingerprint density at radius 2 is 1.68 bits per heavy atom. The van der Waals surface area contributed by atoms with Crippen molar-refractivity contribution in [2.75, 3.05) is 52.2 Å². The number of ether oxygens (including phenoxy) is 1. The zero-order chi connectivity index (χ0) is 22.2. The van der Waals surface area contributed by atoms with Gasteiger partial charge in [-0.15, -0.1) is 0 Å². The van der Waals surface area contributed by atoms with Crippen LogP contribution < -0.4 is 10.1 Å². The fraction of sp³-hybridized carbons (Fsp3) is 0.417. The van der Waals surface area contributed by atoms with Crippen LogP contribution in [0.15, 0.2) is 54.6 Å². The summed E-state index contributed by atoms with van der Waals surface area (Å²) in [4.78, 5) is 31.5. The van der Waals surface area contributed by atoms with Crippen LogP contribution in [0.5, 0.6) is 5.75 Å². The van der Waals surface area contributed by atoms with Crippen LogP contribution >= 0.6 is 0 Å². The van der Waals surface area contributed by atoms with E-state index in [1.54, 1.807) is 38.1 Å². The van der Waals surface area contributed by atoms with Crippen molar-refractivity contribution < 1.29 is 14.3 Å². The molecule has 0 saturated carbocycles. The van der Waals surface area contributed by atoms with Crippen molar-refractivity contribution in [2.24, 2.45) is 0 Å². The van der Waals surface area contributed by atoms with Gasteiger partial charge in [0, 0.05) is 32.7 Å². The normalized spacial score (nSPS) is 15.5. The molecule has 7 heteroatoms. The van der Waals surface area contributed by atoms with Crippen LogP contribution in [-0.4, -0.2) is 79.4 Å². The Morgan fingerprint density at radius 1 is 1.03 bits per heavy atom. The van der Waals surface area contributed by atoms with E-state index < -0.39 is 6.04 Å². The largest absolute Gasteiger partial charge is 0.495 e. The van der Waals surface area contributed by atoms with Crippen molar-refractivity contribution in [2.45, 2.75) is 19.5 Å². The molecule has 31 heavy (non-hydrogen) atoms. The Kier molecular flexibility index (Phi) is 8.03. The van der Waals surface area contributed by atoms with Crippen LogP contribution in [-0.2, 0) is 16.1 Å². The lowest BCUT2D eigenvalue weighted by atomic mass is 10.2. The van der Waals surface area contributed by atoms with Crippen LogP contribution in [0.4, 0.5) is 5.69 Å². The first kappa shape index (κ1) is 22.8. The Hall–Kier alpha value is -2.90. The number of benzene rings is 2. The third kappa shape index (κ3) is 6.29. The number of carbonyl (C=O) groups excluding carboxylic acids is 2. The molecule has 166 valence electrons. The number of likely N-dealkylation sites (N-methyl/N-ethyl adjacent to an activating group) is 1. The maximum atomic E-state index is 12.8. The number of amides is 2. The first-order valence-electron chi connectivity index (χ1n) is 10.7. The van der Waals surface area contributed by atoms with E-state index in [4.69, 9.17) is 4.74 Å². The summed E-state index contributed by atoms with van der Waals surface area (Å²) in [5.41, 5.74) is 1.91. The molecule has 2 amide bonds. The van der Waals surface area contributed by atoms with Crippen molar-refractivity contribution in [3.05, 3.63) is 60.2 Å². The Balaban J connectivity index is 1.46. The number of methoxy groups -OCH3 is 1. The quantitative estimate of drug-likeness (QED) is 0.705. The van der Waals surface area contributed by atoms with Crippen molar-refractivity contribution in [3.63, 3.8) is 0 Å². The number of piperazine rings is 1. The second kappa shape index (κ2) is 10.9. The average molecular weight is 425 g/mol. The third-order valence-corrected chi connectivity index (χ3v) is 5.76. The number of rotatable bonds is 8. The molecule has 3 rings (SSSR count). The summed E-state index contributed by atoms with van der Waals surface area (Å²) < 4.78 is 5.28. The molecule has 0 spiro atoms. The van der Waals surface area contributed by atoms with E-state index in [1.807, 2.05) is 23.1 Å². The summed E-state index contributed by atoms with van der Waals surface area (Å²) in [5.74, 6) is 0.487. The van der Waals surface area contributed by atoms with Crippen LogP contribution in [0.2, 0.25) is 0 Å². The molecule has 1 aliphatic heterocycles. The standard InChI is InChI=1S/C24H32N4O3/c1-19(24(30)25-21-11-7-8-12-22(21)31-3)26(2)18-23(29)28-15-13-27(14-16-28)17-20-9-5-4-6-10-20/h4-12,19H,13-18H2,1-3H3,(H,25,30)/t19-/m1/s1. The minimum atomic E-state index is -0.451. The molecule has 7 nitrogen and oxygen atoms in total. The molecule has 0 radical (unpaired) electrons. The minimum Gasteiger partial charge on any atom is -0.495 e. The predicted octanol–water partition coefficient (Wildman–Crippen LogP) is 2.30. The van der Waals surface area contributed by atoms with E-state index in [-0.39, 0.29) is 18.4 Å². The first-order chi connectivity index (χ1) is 15.0. The summed E-state index contributed by atoms with van der Waals surface area (Å²) >= 11 is 0. The summed E-state index contributed by atoms with van der Waals surface area (Å²) in [7, 11) is 3.37. The van der Waals surface area contributed by atoms with E-state index >= 15 is 0 Å².